The molecule has 2 N–H and O–H groups in total. The van der Waals surface area contributed by atoms with Crippen LogP contribution in [0.3, 0.4) is 0 Å². The van der Waals surface area contributed by atoms with Crippen molar-refractivity contribution in [2.24, 2.45) is 5.92 Å². The third kappa shape index (κ3) is 7.07. The third-order valence-corrected chi connectivity index (χ3v) is 6.53. The summed E-state index contributed by atoms with van der Waals surface area (Å²) in [4.78, 5) is 29.8. The Morgan fingerprint density at radius 3 is 2.58 bits per heavy atom. The number of amides is 2. The largest absolute Gasteiger partial charge is 0.354 e. The Labute approximate surface area is 198 Å². The molecule has 3 fully saturated rings. The van der Waals surface area contributed by atoms with E-state index < -0.39 is 0 Å². The van der Waals surface area contributed by atoms with Crippen molar-refractivity contribution in [1.29, 1.82) is 0 Å². The van der Waals surface area contributed by atoms with Gasteiger partial charge < -0.3 is 15.5 Å². The molecule has 0 spiro atoms. The Hall–Kier alpha value is -1.34. The number of hydrogen-bond acceptors (Lipinski definition) is 4. The number of hydrogen-bond donors (Lipinski definition) is 2. The zero-order chi connectivity index (χ0) is 20.1. The molecule has 3 saturated heterocycles. The summed E-state index contributed by atoms with van der Waals surface area (Å²) in [5.41, 5.74) is 2.02. The van der Waals surface area contributed by atoms with Crippen LogP contribution in [0.1, 0.15) is 54.4 Å². The third-order valence-electron chi connectivity index (χ3n) is 6.53. The van der Waals surface area contributed by atoms with Crippen LogP contribution in [0.15, 0.2) is 24.3 Å². The van der Waals surface area contributed by atoms with Crippen LogP contribution in [0, 0.1) is 5.92 Å². The minimum absolute atomic E-state index is 0. The second kappa shape index (κ2) is 12.6. The molecule has 2 amide bonds. The highest BCUT2D eigenvalue weighted by Crippen LogP contribution is 2.20. The number of carbonyl (C=O) groups excluding carboxylic acids is 2. The van der Waals surface area contributed by atoms with Crippen LogP contribution in [-0.2, 0) is 11.3 Å². The quantitative estimate of drug-likeness (QED) is 0.670. The Morgan fingerprint density at radius 1 is 1.03 bits per heavy atom. The minimum atomic E-state index is -0.0327. The van der Waals surface area contributed by atoms with Gasteiger partial charge in [-0.2, -0.15) is 0 Å². The van der Waals surface area contributed by atoms with Gasteiger partial charge in [0.25, 0.3) is 5.91 Å². The van der Waals surface area contributed by atoms with Gasteiger partial charge in [0.1, 0.15) is 0 Å². The van der Waals surface area contributed by atoms with Gasteiger partial charge in [0.2, 0.25) is 5.91 Å². The van der Waals surface area contributed by atoms with E-state index in [9.17, 15) is 9.59 Å². The first kappa shape index (κ1) is 25.9. The van der Waals surface area contributed by atoms with Crippen molar-refractivity contribution < 1.29 is 9.59 Å². The van der Waals surface area contributed by atoms with Crippen LogP contribution in [-0.4, -0.2) is 66.9 Å². The molecule has 3 aliphatic heterocycles. The first-order valence-corrected chi connectivity index (χ1v) is 11.3. The minimum Gasteiger partial charge on any atom is -0.354 e. The lowest BCUT2D eigenvalue weighted by Gasteiger charge is -2.33. The maximum Gasteiger partial charge on any atom is 0.253 e. The SMILES string of the molecule is Cl.Cl.O=C(NCC1CCCN(C(=O)c2cccc(CN3CCCC3)c2)C1)C1CCCN1. The number of rotatable bonds is 6. The Balaban J connectivity index is 0.00000171. The standard InChI is InChI=1S/C23H34N4O2.2ClH/c28-22(21-9-4-10-24-21)25-15-19-7-5-13-27(17-19)23(29)20-8-3-6-18(14-20)16-26-11-1-2-12-26;;/h3,6,8,14,19,21,24H,1-2,4-5,7,9-13,15-17H2,(H,25,28);2*1H. The van der Waals surface area contributed by atoms with Gasteiger partial charge in [-0.1, -0.05) is 12.1 Å². The summed E-state index contributed by atoms with van der Waals surface area (Å²) >= 11 is 0. The van der Waals surface area contributed by atoms with Gasteiger partial charge in [-0.25, -0.2) is 0 Å². The highest BCUT2D eigenvalue weighted by molar-refractivity contribution is 5.94. The van der Waals surface area contributed by atoms with Gasteiger partial charge in [0.05, 0.1) is 6.04 Å². The molecule has 31 heavy (non-hydrogen) atoms. The molecular weight excluding hydrogens is 435 g/mol. The van der Waals surface area contributed by atoms with E-state index in [1.165, 1.54) is 18.4 Å². The molecule has 0 aromatic heterocycles. The first-order valence-electron chi connectivity index (χ1n) is 11.3. The Kier molecular flexibility index (Phi) is 10.6. The van der Waals surface area contributed by atoms with Gasteiger partial charge in [-0.05, 0) is 81.8 Å². The first-order chi connectivity index (χ1) is 14.2. The summed E-state index contributed by atoms with van der Waals surface area (Å²) < 4.78 is 0. The molecule has 174 valence electrons. The van der Waals surface area contributed by atoms with Crippen molar-refractivity contribution in [1.82, 2.24) is 20.4 Å². The van der Waals surface area contributed by atoms with Crippen LogP contribution in [0.4, 0.5) is 0 Å². The molecule has 0 saturated carbocycles. The lowest BCUT2D eigenvalue weighted by molar-refractivity contribution is -0.123. The summed E-state index contributed by atoms with van der Waals surface area (Å²) in [6.07, 6.45) is 6.62. The fourth-order valence-electron chi connectivity index (χ4n) is 4.88. The van der Waals surface area contributed by atoms with Crippen molar-refractivity contribution in [2.45, 2.75) is 51.1 Å². The average Bonchev–Trinajstić information content (AvgIpc) is 3.46. The smallest absolute Gasteiger partial charge is 0.253 e. The number of likely N-dealkylation sites (tertiary alicyclic amines) is 2. The molecule has 3 heterocycles. The topological polar surface area (TPSA) is 64.7 Å². The van der Waals surface area contributed by atoms with Crippen LogP contribution < -0.4 is 10.6 Å². The number of halogens is 2. The van der Waals surface area contributed by atoms with Gasteiger partial charge in [-0.3, -0.25) is 14.5 Å². The predicted molar refractivity (Wildman–Crippen MR) is 128 cm³/mol. The fraction of sp³-hybridized carbons (Fsp3) is 0.652. The fourth-order valence-corrected chi connectivity index (χ4v) is 4.88. The van der Waals surface area contributed by atoms with Gasteiger partial charge >= 0.3 is 0 Å². The van der Waals surface area contributed by atoms with Gasteiger partial charge in [0.15, 0.2) is 0 Å². The molecule has 3 aliphatic rings. The lowest BCUT2D eigenvalue weighted by Crippen LogP contribution is -2.46. The molecule has 0 radical (unpaired) electrons. The molecule has 2 atom stereocenters. The van der Waals surface area contributed by atoms with E-state index in [4.69, 9.17) is 0 Å². The summed E-state index contributed by atoms with van der Waals surface area (Å²) in [6, 6.07) is 8.11. The zero-order valence-corrected chi connectivity index (χ0v) is 19.8. The molecule has 4 rings (SSSR count). The van der Waals surface area contributed by atoms with E-state index in [2.05, 4.69) is 27.7 Å². The normalized spacial score (nSPS) is 23.7. The second-order valence-corrected chi connectivity index (χ2v) is 8.84. The number of benzene rings is 1. The average molecular weight is 471 g/mol. The summed E-state index contributed by atoms with van der Waals surface area (Å²) in [7, 11) is 0. The van der Waals surface area contributed by atoms with Gasteiger partial charge in [0, 0.05) is 31.7 Å². The monoisotopic (exact) mass is 470 g/mol. The molecule has 1 aromatic carbocycles. The molecule has 6 nitrogen and oxygen atoms in total. The molecule has 8 heteroatoms. The molecular formula is C23H36Cl2N4O2. The van der Waals surface area contributed by atoms with Crippen molar-refractivity contribution >= 4 is 36.6 Å². The molecule has 0 aliphatic carbocycles. The van der Waals surface area contributed by atoms with Crippen molar-refractivity contribution in [2.75, 3.05) is 39.3 Å². The summed E-state index contributed by atoms with van der Waals surface area (Å²) in [5, 5.41) is 6.34. The van der Waals surface area contributed by atoms with E-state index in [1.54, 1.807) is 0 Å². The number of nitrogens with one attached hydrogen (secondary N) is 2. The molecule has 2 unspecified atom stereocenters. The highest BCUT2D eigenvalue weighted by atomic mass is 35.5. The van der Waals surface area contributed by atoms with Crippen molar-refractivity contribution in [3.05, 3.63) is 35.4 Å². The maximum absolute atomic E-state index is 13.1. The van der Waals surface area contributed by atoms with Crippen LogP contribution in [0.25, 0.3) is 0 Å². The van der Waals surface area contributed by atoms with Crippen molar-refractivity contribution in [3.8, 4) is 0 Å². The zero-order valence-electron chi connectivity index (χ0n) is 18.2. The van der Waals surface area contributed by atoms with E-state index >= 15 is 0 Å². The van der Waals surface area contributed by atoms with E-state index in [1.807, 2.05) is 17.0 Å². The maximum atomic E-state index is 13.1. The number of carbonyl (C=O) groups is 2. The van der Waals surface area contributed by atoms with Crippen LogP contribution >= 0.6 is 24.8 Å². The van der Waals surface area contributed by atoms with E-state index in [0.717, 1.165) is 70.5 Å². The van der Waals surface area contributed by atoms with Crippen molar-refractivity contribution in [3.63, 3.8) is 0 Å². The summed E-state index contributed by atoms with van der Waals surface area (Å²) in [6.45, 7) is 6.39. The molecule has 1 aromatic rings. The highest BCUT2D eigenvalue weighted by Gasteiger charge is 2.27. The Morgan fingerprint density at radius 2 is 1.84 bits per heavy atom. The van der Waals surface area contributed by atoms with Crippen LogP contribution in [0.5, 0.6) is 0 Å². The summed E-state index contributed by atoms with van der Waals surface area (Å²) in [5.74, 6) is 0.577. The van der Waals surface area contributed by atoms with Crippen LogP contribution in [0.2, 0.25) is 0 Å². The second-order valence-electron chi connectivity index (χ2n) is 8.84. The Bertz CT molecular complexity index is 721. The number of nitrogens with zero attached hydrogens (tertiary/aromatic N) is 2. The number of piperidine rings is 1. The van der Waals surface area contributed by atoms with E-state index in [0.29, 0.717) is 12.5 Å². The lowest BCUT2D eigenvalue weighted by atomic mass is 9.97. The predicted octanol–water partition coefficient (Wildman–Crippen LogP) is 2.85. The van der Waals surface area contributed by atoms with E-state index in [-0.39, 0.29) is 42.7 Å². The molecule has 0 bridgehead atoms. The van der Waals surface area contributed by atoms with Gasteiger partial charge in [-0.15, -0.1) is 24.8 Å².